The number of carbonyl (C=O) groups is 2. The van der Waals surface area contributed by atoms with E-state index in [9.17, 15) is 14.4 Å². The molecule has 1 atom stereocenters. The fourth-order valence-electron chi connectivity index (χ4n) is 2.77. The molecule has 0 spiro atoms. The first-order valence-electron chi connectivity index (χ1n) is 7.76. The van der Waals surface area contributed by atoms with Gasteiger partial charge in [-0.1, -0.05) is 0 Å². The van der Waals surface area contributed by atoms with Crippen molar-refractivity contribution in [3.63, 3.8) is 0 Å². The molecule has 0 bridgehead atoms. The van der Waals surface area contributed by atoms with Crippen molar-refractivity contribution in [1.29, 1.82) is 0 Å². The van der Waals surface area contributed by atoms with Crippen LogP contribution in [0.5, 0.6) is 0 Å². The molecule has 2 rings (SSSR count). The predicted molar refractivity (Wildman–Crippen MR) is 87.0 cm³/mol. The van der Waals surface area contributed by atoms with Gasteiger partial charge < -0.3 is 5.32 Å². The van der Waals surface area contributed by atoms with E-state index in [1.165, 1.54) is 6.92 Å². The lowest BCUT2D eigenvalue weighted by atomic mass is 10.1. The van der Waals surface area contributed by atoms with E-state index in [4.69, 9.17) is 0 Å². The molecule has 0 aliphatic carbocycles. The largest absolute Gasteiger partial charge is 0.356 e. The molecule has 1 amide bonds. The number of hydrogen-bond acceptors (Lipinski definition) is 5. The van der Waals surface area contributed by atoms with E-state index in [0.29, 0.717) is 30.0 Å². The molecule has 2 aromatic heterocycles. The number of nitrogens with zero attached hydrogens (tertiary/aromatic N) is 3. The summed E-state index contributed by atoms with van der Waals surface area (Å²) in [6.07, 6.45) is 0.684. The summed E-state index contributed by atoms with van der Waals surface area (Å²) in [5, 5.41) is 13.2. The molecule has 0 saturated heterocycles. The van der Waals surface area contributed by atoms with E-state index in [1.54, 1.807) is 11.6 Å². The van der Waals surface area contributed by atoms with Crippen LogP contribution in [0.25, 0.3) is 0 Å². The zero-order chi connectivity index (χ0) is 17.9. The number of aromatic nitrogens is 5. The highest BCUT2D eigenvalue weighted by Gasteiger charge is 2.20. The van der Waals surface area contributed by atoms with Crippen LogP contribution in [0.4, 0.5) is 0 Å². The van der Waals surface area contributed by atoms with Crippen LogP contribution in [-0.2, 0) is 11.2 Å². The number of hydrogen-bond donors (Lipinski definition) is 3. The minimum absolute atomic E-state index is 0.0269. The minimum Gasteiger partial charge on any atom is -0.356 e. The third-order valence-corrected chi connectivity index (χ3v) is 3.81. The number of carbonyl (C=O) groups excluding carboxylic acids is 2. The maximum atomic E-state index is 12.0. The molecule has 0 fully saturated rings. The Morgan fingerprint density at radius 2 is 2.04 bits per heavy atom. The Balaban J connectivity index is 1.90. The standard InChI is InChI=1S/C15H22N6O3/c1-8(21-10(3)14(11(4)22)9(2)20-21)7-13(23)16-6-5-12-17-15(24)19-18-12/h8H,5-7H2,1-4H3,(H,16,23)(H2,17,18,19,24)/t8-/m0/s1. The van der Waals surface area contributed by atoms with Crippen LogP contribution < -0.4 is 11.0 Å². The lowest BCUT2D eigenvalue weighted by Gasteiger charge is -2.14. The summed E-state index contributed by atoms with van der Waals surface area (Å²) in [6.45, 7) is 7.39. The van der Waals surface area contributed by atoms with E-state index in [2.05, 4.69) is 25.6 Å². The molecule has 3 N–H and O–H groups in total. The second-order valence-electron chi connectivity index (χ2n) is 5.82. The van der Waals surface area contributed by atoms with Crippen LogP contribution in [0.1, 0.15) is 53.9 Å². The van der Waals surface area contributed by atoms with Gasteiger partial charge in [-0.25, -0.2) is 9.89 Å². The number of Topliss-reactive ketones (excluding diaryl/α,β-unsaturated/α-hetero) is 1. The molecule has 130 valence electrons. The molecular weight excluding hydrogens is 312 g/mol. The Hall–Kier alpha value is -2.71. The zero-order valence-electron chi connectivity index (χ0n) is 14.3. The molecule has 0 saturated carbocycles. The molecule has 9 heteroatoms. The Bertz CT molecular complexity index is 800. The molecule has 2 aromatic rings. The van der Waals surface area contributed by atoms with Gasteiger partial charge in [0.2, 0.25) is 5.91 Å². The van der Waals surface area contributed by atoms with Crippen molar-refractivity contribution >= 4 is 11.7 Å². The summed E-state index contributed by atoms with van der Waals surface area (Å²) in [4.78, 5) is 37.1. The molecule has 24 heavy (non-hydrogen) atoms. The molecule has 9 nitrogen and oxygen atoms in total. The monoisotopic (exact) mass is 334 g/mol. The van der Waals surface area contributed by atoms with Crippen LogP contribution in [0.3, 0.4) is 0 Å². The van der Waals surface area contributed by atoms with Crippen LogP contribution in [0.2, 0.25) is 0 Å². The summed E-state index contributed by atoms with van der Waals surface area (Å²) in [7, 11) is 0. The third-order valence-electron chi connectivity index (χ3n) is 3.81. The molecule has 0 aliphatic rings. The highest BCUT2D eigenvalue weighted by molar-refractivity contribution is 5.96. The van der Waals surface area contributed by atoms with E-state index >= 15 is 0 Å². The van der Waals surface area contributed by atoms with E-state index in [-0.39, 0.29) is 29.8 Å². The molecule has 2 heterocycles. The normalized spacial score (nSPS) is 12.2. The summed E-state index contributed by atoms with van der Waals surface area (Å²) in [5.41, 5.74) is 1.70. The molecular formula is C15H22N6O3. The Labute approximate surface area is 138 Å². The number of H-pyrrole nitrogens is 2. The van der Waals surface area contributed by atoms with Gasteiger partial charge in [0, 0.05) is 25.1 Å². The smallest absolute Gasteiger partial charge is 0.340 e. The van der Waals surface area contributed by atoms with Crippen molar-refractivity contribution in [2.24, 2.45) is 0 Å². The number of nitrogens with one attached hydrogen (secondary N) is 3. The van der Waals surface area contributed by atoms with E-state index in [1.807, 2.05) is 13.8 Å². The van der Waals surface area contributed by atoms with Crippen molar-refractivity contribution in [3.05, 3.63) is 33.3 Å². The predicted octanol–water partition coefficient (Wildman–Crippen LogP) is 0.424. The van der Waals surface area contributed by atoms with Crippen LogP contribution in [0, 0.1) is 13.8 Å². The molecule has 0 aliphatic heterocycles. The average molecular weight is 334 g/mol. The van der Waals surface area contributed by atoms with Gasteiger partial charge in [0.1, 0.15) is 5.82 Å². The van der Waals surface area contributed by atoms with E-state index in [0.717, 1.165) is 5.69 Å². The van der Waals surface area contributed by atoms with Crippen molar-refractivity contribution in [2.45, 2.75) is 46.6 Å². The fourth-order valence-corrected chi connectivity index (χ4v) is 2.77. The van der Waals surface area contributed by atoms with Gasteiger partial charge in [-0.2, -0.15) is 10.2 Å². The van der Waals surface area contributed by atoms with Gasteiger partial charge in [-0.05, 0) is 27.7 Å². The Kier molecular flexibility index (Phi) is 5.32. The average Bonchev–Trinajstić information content (AvgIpc) is 3.02. The summed E-state index contributed by atoms with van der Waals surface area (Å²) < 4.78 is 1.72. The van der Waals surface area contributed by atoms with Crippen molar-refractivity contribution in [3.8, 4) is 0 Å². The van der Waals surface area contributed by atoms with Gasteiger partial charge in [-0.15, -0.1) is 0 Å². The second-order valence-corrected chi connectivity index (χ2v) is 5.82. The van der Waals surface area contributed by atoms with Crippen LogP contribution in [-0.4, -0.2) is 43.2 Å². The quantitative estimate of drug-likeness (QED) is 0.633. The SMILES string of the molecule is CC(=O)c1c(C)nn([C@@H](C)CC(=O)NCCc2n[nH]c(=O)[nH]2)c1C. The summed E-state index contributed by atoms with van der Waals surface area (Å²) in [6, 6.07) is -0.165. The minimum atomic E-state index is -0.365. The van der Waals surface area contributed by atoms with Gasteiger partial charge in [0.25, 0.3) is 0 Å². The number of aryl methyl sites for hydroxylation is 1. The van der Waals surface area contributed by atoms with Crippen molar-refractivity contribution in [1.82, 2.24) is 30.3 Å². The van der Waals surface area contributed by atoms with Crippen LogP contribution in [0.15, 0.2) is 4.79 Å². The highest BCUT2D eigenvalue weighted by atomic mass is 16.2. The first kappa shape index (κ1) is 17.6. The van der Waals surface area contributed by atoms with Crippen LogP contribution >= 0.6 is 0 Å². The fraction of sp³-hybridized carbons (Fsp3) is 0.533. The molecule has 0 radical (unpaired) electrons. The van der Waals surface area contributed by atoms with Crippen molar-refractivity contribution in [2.75, 3.05) is 6.54 Å². The molecule has 0 aromatic carbocycles. The number of amides is 1. The van der Waals surface area contributed by atoms with Gasteiger partial charge in [-0.3, -0.25) is 19.3 Å². The zero-order valence-corrected chi connectivity index (χ0v) is 14.3. The summed E-state index contributed by atoms with van der Waals surface area (Å²) >= 11 is 0. The number of rotatable bonds is 7. The van der Waals surface area contributed by atoms with E-state index < -0.39 is 0 Å². The third kappa shape index (κ3) is 3.98. The first-order valence-corrected chi connectivity index (χ1v) is 7.76. The maximum absolute atomic E-state index is 12.0. The van der Waals surface area contributed by atoms with Gasteiger partial charge >= 0.3 is 5.69 Å². The Morgan fingerprint density at radius 3 is 2.58 bits per heavy atom. The molecule has 0 unspecified atom stereocenters. The van der Waals surface area contributed by atoms with Gasteiger partial charge in [0.15, 0.2) is 5.78 Å². The second kappa shape index (κ2) is 7.24. The summed E-state index contributed by atoms with van der Waals surface area (Å²) in [5.74, 6) is 0.344. The lowest BCUT2D eigenvalue weighted by Crippen LogP contribution is -2.28. The number of aromatic amines is 2. The lowest BCUT2D eigenvalue weighted by molar-refractivity contribution is -0.121. The highest BCUT2D eigenvalue weighted by Crippen LogP contribution is 2.19. The number of ketones is 1. The topological polar surface area (TPSA) is 126 Å². The van der Waals surface area contributed by atoms with Gasteiger partial charge in [0.05, 0.1) is 17.3 Å². The first-order chi connectivity index (χ1) is 11.3. The maximum Gasteiger partial charge on any atom is 0.340 e. The Morgan fingerprint density at radius 1 is 1.33 bits per heavy atom. The van der Waals surface area contributed by atoms with Crippen molar-refractivity contribution < 1.29 is 9.59 Å².